The topological polar surface area (TPSA) is 41.1 Å². The van der Waals surface area contributed by atoms with Gasteiger partial charge in [0, 0.05) is 12.6 Å². The highest BCUT2D eigenvalue weighted by Crippen LogP contribution is 2.14. The standard InChI is InChI=1S/C11H20N2O/c1-3-4-5-7-13-11(14)10-6-8-12-9(10)2/h3-4,9-10,12H,5-8H2,1-2H3,(H,13,14)/b4-3+. The third-order valence-corrected chi connectivity index (χ3v) is 2.71. The quantitative estimate of drug-likeness (QED) is 0.521. The van der Waals surface area contributed by atoms with E-state index in [1.54, 1.807) is 0 Å². The Morgan fingerprint density at radius 2 is 2.43 bits per heavy atom. The van der Waals surface area contributed by atoms with Crippen LogP contribution in [0.25, 0.3) is 0 Å². The molecule has 1 fully saturated rings. The number of carbonyl (C=O) groups excluding carboxylic acids is 1. The third-order valence-electron chi connectivity index (χ3n) is 2.71. The predicted molar refractivity (Wildman–Crippen MR) is 58.0 cm³/mol. The Bertz CT molecular complexity index is 213. The van der Waals surface area contributed by atoms with Gasteiger partial charge in [-0.25, -0.2) is 0 Å². The highest BCUT2D eigenvalue weighted by Gasteiger charge is 2.28. The van der Waals surface area contributed by atoms with E-state index in [1.165, 1.54) is 0 Å². The van der Waals surface area contributed by atoms with Crippen LogP contribution in [0.5, 0.6) is 0 Å². The Balaban J connectivity index is 2.20. The largest absolute Gasteiger partial charge is 0.356 e. The fourth-order valence-corrected chi connectivity index (χ4v) is 1.79. The molecule has 1 heterocycles. The van der Waals surface area contributed by atoms with Gasteiger partial charge >= 0.3 is 0 Å². The van der Waals surface area contributed by atoms with Gasteiger partial charge in [-0.05, 0) is 33.2 Å². The molecule has 0 bridgehead atoms. The molecule has 2 N–H and O–H groups in total. The van der Waals surface area contributed by atoms with E-state index in [2.05, 4.69) is 23.6 Å². The summed E-state index contributed by atoms with van der Waals surface area (Å²) in [5.74, 6) is 0.368. The summed E-state index contributed by atoms with van der Waals surface area (Å²) in [6.07, 6.45) is 5.97. The SMILES string of the molecule is C/C=C/CCNC(=O)C1CCNC1C. The van der Waals surface area contributed by atoms with Gasteiger partial charge in [0.25, 0.3) is 0 Å². The van der Waals surface area contributed by atoms with E-state index in [1.807, 2.05) is 13.0 Å². The molecule has 1 amide bonds. The molecule has 0 aromatic carbocycles. The lowest BCUT2D eigenvalue weighted by atomic mass is 10.0. The maximum Gasteiger partial charge on any atom is 0.224 e. The average molecular weight is 196 g/mol. The summed E-state index contributed by atoms with van der Waals surface area (Å²) in [6.45, 7) is 5.79. The number of rotatable bonds is 4. The van der Waals surface area contributed by atoms with Gasteiger partial charge in [0.2, 0.25) is 5.91 Å². The van der Waals surface area contributed by atoms with Crippen LogP contribution in [-0.2, 0) is 4.79 Å². The van der Waals surface area contributed by atoms with Gasteiger partial charge in [0.1, 0.15) is 0 Å². The number of amides is 1. The van der Waals surface area contributed by atoms with Crippen LogP contribution in [0, 0.1) is 5.92 Å². The van der Waals surface area contributed by atoms with Crippen LogP contribution in [0.15, 0.2) is 12.2 Å². The first-order valence-corrected chi connectivity index (χ1v) is 5.38. The van der Waals surface area contributed by atoms with Crippen LogP contribution in [0.2, 0.25) is 0 Å². The van der Waals surface area contributed by atoms with Crippen molar-refractivity contribution in [1.29, 1.82) is 0 Å². The molecule has 80 valence electrons. The first-order valence-electron chi connectivity index (χ1n) is 5.38. The van der Waals surface area contributed by atoms with Crippen molar-refractivity contribution >= 4 is 5.91 Å². The second kappa shape index (κ2) is 5.81. The van der Waals surface area contributed by atoms with E-state index in [0.717, 1.165) is 25.9 Å². The van der Waals surface area contributed by atoms with Crippen molar-refractivity contribution in [3.8, 4) is 0 Å². The van der Waals surface area contributed by atoms with Gasteiger partial charge in [0.05, 0.1) is 5.92 Å². The van der Waals surface area contributed by atoms with Crippen molar-refractivity contribution in [2.24, 2.45) is 5.92 Å². The molecular weight excluding hydrogens is 176 g/mol. The molecule has 0 spiro atoms. The van der Waals surface area contributed by atoms with Gasteiger partial charge in [-0.15, -0.1) is 0 Å². The van der Waals surface area contributed by atoms with E-state index < -0.39 is 0 Å². The number of allylic oxidation sites excluding steroid dienone is 1. The summed E-state index contributed by atoms with van der Waals surface area (Å²) in [6, 6.07) is 0.330. The van der Waals surface area contributed by atoms with Crippen LogP contribution < -0.4 is 10.6 Å². The molecule has 0 aliphatic carbocycles. The van der Waals surface area contributed by atoms with Crippen LogP contribution in [0.3, 0.4) is 0 Å². The van der Waals surface area contributed by atoms with Crippen molar-refractivity contribution in [3.05, 3.63) is 12.2 Å². The maximum absolute atomic E-state index is 11.6. The van der Waals surface area contributed by atoms with E-state index in [0.29, 0.717) is 6.04 Å². The number of carbonyl (C=O) groups is 1. The zero-order valence-electron chi connectivity index (χ0n) is 9.05. The molecule has 1 aliphatic rings. The Morgan fingerprint density at radius 1 is 1.64 bits per heavy atom. The Morgan fingerprint density at radius 3 is 3.00 bits per heavy atom. The smallest absolute Gasteiger partial charge is 0.224 e. The molecule has 0 radical (unpaired) electrons. The third kappa shape index (κ3) is 3.14. The number of hydrogen-bond acceptors (Lipinski definition) is 2. The molecule has 14 heavy (non-hydrogen) atoms. The minimum Gasteiger partial charge on any atom is -0.356 e. The molecule has 3 heteroatoms. The lowest BCUT2D eigenvalue weighted by molar-refractivity contribution is -0.125. The van der Waals surface area contributed by atoms with Gasteiger partial charge in [-0.2, -0.15) is 0 Å². The second-order valence-electron chi connectivity index (χ2n) is 3.79. The van der Waals surface area contributed by atoms with Gasteiger partial charge in [-0.3, -0.25) is 4.79 Å². The Labute approximate surface area is 86.0 Å². The number of hydrogen-bond donors (Lipinski definition) is 2. The maximum atomic E-state index is 11.6. The molecule has 1 rings (SSSR count). The summed E-state index contributed by atoms with van der Waals surface area (Å²) in [5, 5.41) is 6.24. The normalized spacial score (nSPS) is 27.0. The Hall–Kier alpha value is -0.830. The zero-order chi connectivity index (χ0) is 10.4. The minimum atomic E-state index is 0.167. The van der Waals surface area contributed by atoms with Crippen molar-refractivity contribution in [2.45, 2.75) is 32.7 Å². The molecule has 0 aromatic heterocycles. The van der Waals surface area contributed by atoms with Gasteiger partial charge in [0.15, 0.2) is 0 Å². The van der Waals surface area contributed by atoms with Crippen molar-refractivity contribution in [1.82, 2.24) is 10.6 Å². The van der Waals surface area contributed by atoms with Crippen molar-refractivity contribution in [2.75, 3.05) is 13.1 Å². The summed E-state index contributed by atoms with van der Waals surface area (Å²) in [7, 11) is 0. The monoisotopic (exact) mass is 196 g/mol. The highest BCUT2D eigenvalue weighted by atomic mass is 16.1. The summed E-state index contributed by atoms with van der Waals surface area (Å²) in [5.41, 5.74) is 0. The summed E-state index contributed by atoms with van der Waals surface area (Å²) < 4.78 is 0. The van der Waals surface area contributed by atoms with Gasteiger partial charge in [-0.1, -0.05) is 12.2 Å². The van der Waals surface area contributed by atoms with Crippen LogP contribution >= 0.6 is 0 Å². The molecule has 1 aliphatic heterocycles. The fourth-order valence-electron chi connectivity index (χ4n) is 1.79. The summed E-state index contributed by atoms with van der Waals surface area (Å²) in [4.78, 5) is 11.6. The molecule has 2 atom stereocenters. The lowest BCUT2D eigenvalue weighted by Gasteiger charge is -2.14. The van der Waals surface area contributed by atoms with E-state index in [-0.39, 0.29) is 11.8 Å². The highest BCUT2D eigenvalue weighted by molar-refractivity contribution is 5.79. The van der Waals surface area contributed by atoms with E-state index in [9.17, 15) is 4.79 Å². The number of nitrogens with one attached hydrogen (secondary N) is 2. The zero-order valence-corrected chi connectivity index (χ0v) is 9.05. The van der Waals surface area contributed by atoms with Crippen molar-refractivity contribution < 1.29 is 4.79 Å². The minimum absolute atomic E-state index is 0.167. The van der Waals surface area contributed by atoms with Crippen LogP contribution in [-0.4, -0.2) is 25.0 Å². The molecule has 0 aromatic rings. The van der Waals surface area contributed by atoms with Gasteiger partial charge < -0.3 is 10.6 Å². The van der Waals surface area contributed by atoms with Crippen LogP contribution in [0.1, 0.15) is 26.7 Å². The van der Waals surface area contributed by atoms with Crippen LogP contribution in [0.4, 0.5) is 0 Å². The lowest BCUT2D eigenvalue weighted by Crippen LogP contribution is -2.36. The van der Waals surface area contributed by atoms with E-state index in [4.69, 9.17) is 0 Å². The predicted octanol–water partition coefficient (Wildman–Crippen LogP) is 1.07. The van der Waals surface area contributed by atoms with E-state index >= 15 is 0 Å². The molecule has 1 saturated heterocycles. The molecule has 0 saturated carbocycles. The molecule has 2 unspecified atom stereocenters. The average Bonchev–Trinajstić information content (AvgIpc) is 2.59. The second-order valence-corrected chi connectivity index (χ2v) is 3.79. The first kappa shape index (κ1) is 11.2. The fraction of sp³-hybridized carbons (Fsp3) is 0.727. The Kier molecular flexibility index (Phi) is 4.66. The van der Waals surface area contributed by atoms with Crippen molar-refractivity contribution in [3.63, 3.8) is 0 Å². The molecular formula is C11H20N2O. The first-order chi connectivity index (χ1) is 6.75. The summed E-state index contributed by atoms with van der Waals surface area (Å²) >= 11 is 0. The molecule has 3 nitrogen and oxygen atoms in total.